The molecule has 0 saturated carbocycles. The van der Waals surface area contributed by atoms with Crippen LogP contribution in [-0.4, -0.2) is 33.2 Å². The van der Waals surface area contributed by atoms with E-state index in [4.69, 9.17) is 19.4 Å². The minimum Gasteiger partial charge on any atom is -0.436 e. The average molecular weight is 1140 g/mol. The monoisotopic (exact) mass is 1140 g/mol. The summed E-state index contributed by atoms with van der Waals surface area (Å²) in [6, 6.07) is 94.5. The van der Waals surface area contributed by atoms with Gasteiger partial charge in [-0.25, -0.2) is 15.0 Å². The fourth-order valence-electron chi connectivity index (χ4n) is 14.4. The third-order valence-corrected chi connectivity index (χ3v) is 18.2. The molecule has 6 aromatic heterocycles. The van der Waals surface area contributed by atoms with Crippen molar-refractivity contribution >= 4 is 98.3 Å². The first kappa shape index (κ1) is 50.7. The predicted octanol–water partition coefficient (Wildman–Crippen LogP) is 20.9. The smallest absolute Gasteiger partial charge is 0.230 e. The van der Waals surface area contributed by atoms with E-state index in [2.05, 4.69) is 283 Å². The molecule has 8 nitrogen and oxygen atoms in total. The Bertz CT molecular complexity index is 5880. The molecule has 0 spiro atoms. The van der Waals surface area contributed by atoms with Crippen molar-refractivity contribution in [1.82, 2.24) is 33.2 Å². The van der Waals surface area contributed by atoms with E-state index in [0.29, 0.717) is 23.0 Å². The van der Waals surface area contributed by atoms with Crippen molar-refractivity contribution in [2.45, 2.75) is 27.7 Å². The van der Waals surface area contributed by atoms with E-state index in [9.17, 15) is 0 Å². The summed E-state index contributed by atoms with van der Waals surface area (Å²) in [6.45, 7) is 8.77. The molecule has 0 amide bonds. The van der Waals surface area contributed by atoms with Crippen LogP contribution in [0.1, 0.15) is 22.3 Å². The number of oxazole rings is 1. The molecule has 0 bridgehead atoms. The maximum Gasteiger partial charge on any atom is 0.230 e. The molecule has 12 aromatic carbocycles. The zero-order valence-electron chi connectivity index (χ0n) is 49.4. The summed E-state index contributed by atoms with van der Waals surface area (Å²) in [7, 11) is 0. The lowest BCUT2D eigenvalue weighted by Crippen LogP contribution is -2.17. The zero-order chi connectivity index (χ0) is 59.2. The molecule has 0 aliphatic carbocycles. The quantitative estimate of drug-likeness (QED) is 0.152. The first-order valence-corrected chi connectivity index (χ1v) is 30.4. The van der Waals surface area contributed by atoms with Gasteiger partial charge in [0.05, 0.1) is 83.8 Å². The second-order valence-corrected chi connectivity index (χ2v) is 23.8. The first-order valence-electron chi connectivity index (χ1n) is 30.4. The van der Waals surface area contributed by atoms with Crippen LogP contribution in [0.2, 0.25) is 0 Å². The fraction of sp³-hybridized carbons (Fsp3) is 0.0494. The second kappa shape index (κ2) is 19.5. The minimum absolute atomic E-state index is 0.440. The van der Waals surface area contributed by atoms with Crippen molar-refractivity contribution < 1.29 is 4.42 Å². The van der Waals surface area contributed by atoms with Crippen LogP contribution in [-0.2, 0) is 0 Å². The maximum absolute atomic E-state index is 7.55. The Hall–Kier alpha value is -11.6. The number of hydrogen-bond acceptors (Lipinski definition) is 4. The molecule has 420 valence electrons. The summed E-state index contributed by atoms with van der Waals surface area (Å²) in [5.41, 5.74) is 22.8. The van der Waals surface area contributed by atoms with Crippen LogP contribution in [0.25, 0.3) is 166 Å². The number of rotatable bonds is 8. The summed E-state index contributed by atoms with van der Waals surface area (Å²) in [6.07, 6.45) is 0. The van der Waals surface area contributed by atoms with Crippen LogP contribution in [0.5, 0.6) is 0 Å². The standard InChI is InChI=1S/C81H55N7O/c1-48-35-39-69-58(43-48)54-25-11-16-30-65(54)85(69)76-74(64-47-63(52-21-7-5-8-22-52)82-80(83-64)53-23-9-6-10-24-53)75(81-84-62-29-15-20-34-73(62)89-81)77(86-66-31-17-12-26-55(66)59-44-49(2)36-40-70(59)86)79(88-68-33-19-14-28-57(68)61-46-51(4)38-42-72(61)88)78(76)87-67-32-18-13-27-56(67)60-45-50(3)37-41-71(60)87/h5-47H,1-4H3. The van der Waals surface area contributed by atoms with Crippen molar-refractivity contribution in [3.63, 3.8) is 0 Å². The van der Waals surface area contributed by atoms with Crippen LogP contribution in [0.3, 0.4) is 0 Å². The highest BCUT2D eigenvalue weighted by molar-refractivity contribution is 6.18. The van der Waals surface area contributed by atoms with E-state index in [1.807, 2.05) is 24.3 Å². The van der Waals surface area contributed by atoms with Gasteiger partial charge in [0.1, 0.15) is 5.52 Å². The average Bonchev–Trinajstić information content (AvgIpc) is 1.62. The van der Waals surface area contributed by atoms with Gasteiger partial charge in [0, 0.05) is 59.8 Å². The fourth-order valence-corrected chi connectivity index (χ4v) is 14.4. The molecular weight excluding hydrogens is 1090 g/mol. The van der Waals surface area contributed by atoms with Gasteiger partial charge in [0.15, 0.2) is 11.4 Å². The molecule has 18 rings (SSSR count). The van der Waals surface area contributed by atoms with Gasteiger partial charge < -0.3 is 22.7 Å². The molecule has 89 heavy (non-hydrogen) atoms. The molecule has 0 aliphatic heterocycles. The molecule has 0 saturated heterocycles. The Kier molecular flexibility index (Phi) is 11.1. The van der Waals surface area contributed by atoms with Gasteiger partial charge >= 0.3 is 0 Å². The van der Waals surface area contributed by atoms with Gasteiger partial charge in [-0.2, -0.15) is 0 Å². The second-order valence-electron chi connectivity index (χ2n) is 23.8. The number of para-hydroxylation sites is 6. The van der Waals surface area contributed by atoms with E-state index in [1.54, 1.807) is 0 Å². The molecular formula is C81H55N7O. The van der Waals surface area contributed by atoms with Crippen LogP contribution in [0.15, 0.2) is 265 Å². The Morgan fingerprint density at radius 1 is 0.270 bits per heavy atom. The van der Waals surface area contributed by atoms with Crippen molar-refractivity contribution in [3.8, 4) is 68.1 Å². The summed E-state index contributed by atoms with van der Waals surface area (Å²) in [4.78, 5) is 17.3. The molecule has 18 aromatic rings. The lowest BCUT2D eigenvalue weighted by Gasteiger charge is -2.30. The third-order valence-electron chi connectivity index (χ3n) is 18.2. The van der Waals surface area contributed by atoms with E-state index in [1.165, 1.54) is 22.3 Å². The number of benzene rings is 12. The number of aryl methyl sites for hydroxylation is 4. The van der Waals surface area contributed by atoms with Gasteiger partial charge in [-0.1, -0.05) is 192 Å². The molecule has 0 N–H and O–H groups in total. The highest BCUT2D eigenvalue weighted by Gasteiger charge is 2.38. The molecule has 0 radical (unpaired) electrons. The summed E-state index contributed by atoms with van der Waals surface area (Å²) < 4.78 is 17.7. The molecule has 6 heterocycles. The van der Waals surface area contributed by atoms with Gasteiger partial charge in [-0.05, 0) is 119 Å². The summed E-state index contributed by atoms with van der Waals surface area (Å²) in [5.74, 6) is 1.02. The number of aromatic nitrogens is 7. The largest absolute Gasteiger partial charge is 0.436 e. The van der Waals surface area contributed by atoms with E-state index >= 15 is 0 Å². The van der Waals surface area contributed by atoms with Crippen molar-refractivity contribution in [1.29, 1.82) is 0 Å². The van der Waals surface area contributed by atoms with Crippen molar-refractivity contribution in [3.05, 3.63) is 283 Å². The van der Waals surface area contributed by atoms with Crippen LogP contribution < -0.4 is 0 Å². The zero-order valence-corrected chi connectivity index (χ0v) is 49.4. The Balaban J connectivity index is 1.23. The van der Waals surface area contributed by atoms with Gasteiger partial charge in [0.2, 0.25) is 5.89 Å². The molecule has 8 heteroatoms. The highest BCUT2D eigenvalue weighted by atomic mass is 16.3. The lowest BCUT2D eigenvalue weighted by atomic mass is 9.93. The highest BCUT2D eigenvalue weighted by Crippen LogP contribution is 2.55. The Labute approximate surface area is 512 Å². The third kappa shape index (κ3) is 7.63. The van der Waals surface area contributed by atoms with Crippen LogP contribution in [0, 0.1) is 27.7 Å². The van der Waals surface area contributed by atoms with Gasteiger partial charge in [-0.3, -0.25) is 0 Å². The van der Waals surface area contributed by atoms with Crippen molar-refractivity contribution in [2.24, 2.45) is 0 Å². The lowest BCUT2D eigenvalue weighted by molar-refractivity contribution is 0.619. The Morgan fingerprint density at radius 2 is 0.618 bits per heavy atom. The van der Waals surface area contributed by atoms with Crippen LogP contribution in [0.4, 0.5) is 0 Å². The first-order chi connectivity index (χ1) is 43.8. The van der Waals surface area contributed by atoms with Gasteiger partial charge in [-0.15, -0.1) is 0 Å². The van der Waals surface area contributed by atoms with Crippen molar-refractivity contribution in [2.75, 3.05) is 0 Å². The maximum atomic E-state index is 7.55. The SMILES string of the molecule is Cc1ccc2c(c1)c1ccccc1n2-c1c(-c2cc(-c3ccccc3)nc(-c3ccccc3)n2)c(-c2nc3ccccc3o2)c(-n2c3ccccc3c3cc(C)ccc32)c(-n2c3ccccc3c3cc(C)ccc32)c1-n1c2ccccc2c2cc(C)ccc21. The normalized spacial score (nSPS) is 12.0. The molecule has 0 unspecified atom stereocenters. The van der Waals surface area contributed by atoms with E-state index in [0.717, 1.165) is 143 Å². The number of hydrogen-bond donors (Lipinski definition) is 0. The number of nitrogens with zero attached hydrogens (tertiary/aromatic N) is 7. The minimum atomic E-state index is 0.440. The summed E-state index contributed by atoms with van der Waals surface area (Å²) in [5, 5.41) is 9.06. The van der Waals surface area contributed by atoms with E-state index in [-0.39, 0.29) is 0 Å². The van der Waals surface area contributed by atoms with Gasteiger partial charge in [0.25, 0.3) is 0 Å². The predicted molar refractivity (Wildman–Crippen MR) is 368 cm³/mol. The number of fused-ring (bicyclic) bond motifs is 13. The van der Waals surface area contributed by atoms with E-state index < -0.39 is 0 Å². The molecule has 0 fully saturated rings. The van der Waals surface area contributed by atoms with Crippen LogP contribution >= 0.6 is 0 Å². The summed E-state index contributed by atoms with van der Waals surface area (Å²) >= 11 is 0. The molecule has 0 atom stereocenters. The molecule has 0 aliphatic rings. The topological polar surface area (TPSA) is 71.5 Å². The Morgan fingerprint density at radius 3 is 1.06 bits per heavy atom.